The number of aryl methyl sites for hydroxylation is 1. The third-order valence-electron chi connectivity index (χ3n) is 5.45. The molecule has 0 atom stereocenters. The number of ether oxygens (including phenoxy) is 1. The molecule has 3 rings (SSSR count). The Morgan fingerprint density at radius 2 is 2.00 bits per heavy atom. The average molecular weight is 363 g/mol. The second kappa shape index (κ2) is 8.10. The van der Waals surface area contributed by atoms with Crippen LogP contribution in [0, 0.1) is 0 Å². The van der Waals surface area contributed by atoms with E-state index in [9.17, 15) is 9.59 Å². The van der Waals surface area contributed by atoms with E-state index in [0.717, 1.165) is 19.4 Å². The molecule has 26 heavy (non-hydrogen) atoms. The molecule has 2 saturated heterocycles. The number of hydrogen-bond donors (Lipinski definition) is 0. The van der Waals surface area contributed by atoms with Crippen molar-refractivity contribution < 1.29 is 18.7 Å². The molecule has 7 nitrogen and oxygen atoms in total. The number of aromatic nitrogens is 1. The highest BCUT2D eigenvalue weighted by Crippen LogP contribution is 2.34. The fraction of sp³-hybridized carbons (Fsp3) is 0.737. The number of amides is 2. The third kappa shape index (κ3) is 3.86. The normalized spacial score (nSPS) is 19.2. The molecule has 0 aromatic carbocycles. The van der Waals surface area contributed by atoms with Crippen molar-refractivity contribution in [2.45, 2.75) is 64.4 Å². The van der Waals surface area contributed by atoms with E-state index in [-0.39, 0.29) is 12.0 Å². The lowest BCUT2D eigenvalue weighted by molar-refractivity contribution is 0.00293. The summed E-state index contributed by atoms with van der Waals surface area (Å²) in [6, 6.07) is 0. The molecule has 0 aliphatic carbocycles. The highest BCUT2D eigenvalue weighted by atomic mass is 16.6. The zero-order chi connectivity index (χ0) is 18.6. The molecule has 0 saturated carbocycles. The number of rotatable bonds is 7. The Kier molecular flexibility index (Phi) is 5.84. The molecule has 1 spiro atoms. The fourth-order valence-electron chi connectivity index (χ4n) is 3.82. The number of carbonyl (C=O) groups is 2. The maximum absolute atomic E-state index is 12.7. The van der Waals surface area contributed by atoms with Gasteiger partial charge >= 0.3 is 6.09 Å². The molecular formula is C19H29N3O4. The third-order valence-corrected chi connectivity index (χ3v) is 5.45. The van der Waals surface area contributed by atoms with Gasteiger partial charge in [0.2, 0.25) is 0 Å². The quantitative estimate of drug-likeness (QED) is 0.695. The first kappa shape index (κ1) is 18.7. The van der Waals surface area contributed by atoms with Gasteiger partial charge in [-0.2, -0.15) is 0 Å². The van der Waals surface area contributed by atoms with E-state index in [0.29, 0.717) is 50.4 Å². The molecule has 144 valence electrons. The van der Waals surface area contributed by atoms with Crippen LogP contribution in [0.5, 0.6) is 0 Å². The second-order valence-electron chi connectivity index (χ2n) is 7.30. The highest BCUT2D eigenvalue weighted by molar-refractivity contribution is 5.93. The van der Waals surface area contributed by atoms with Crippen molar-refractivity contribution in [2.24, 2.45) is 0 Å². The summed E-state index contributed by atoms with van der Waals surface area (Å²) in [5.74, 6) is 0.534. The lowest BCUT2D eigenvalue weighted by Crippen LogP contribution is -2.49. The minimum Gasteiger partial charge on any atom is -0.448 e. The van der Waals surface area contributed by atoms with Crippen molar-refractivity contribution in [3.8, 4) is 0 Å². The smallest absolute Gasteiger partial charge is 0.410 e. The summed E-state index contributed by atoms with van der Waals surface area (Å²) in [7, 11) is 0. The number of nitrogens with zero attached hydrogens (tertiary/aromatic N) is 3. The predicted octanol–water partition coefficient (Wildman–Crippen LogP) is 3.24. The summed E-state index contributed by atoms with van der Waals surface area (Å²) in [4.78, 5) is 32.6. The first-order valence-electron chi connectivity index (χ1n) is 9.78. The molecule has 0 radical (unpaired) electrons. The largest absolute Gasteiger partial charge is 0.448 e. The van der Waals surface area contributed by atoms with Crippen molar-refractivity contribution in [2.75, 3.05) is 26.2 Å². The van der Waals surface area contributed by atoms with Crippen LogP contribution >= 0.6 is 0 Å². The van der Waals surface area contributed by atoms with Gasteiger partial charge in [0.15, 0.2) is 12.1 Å². The van der Waals surface area contributed by atoms with Crippen LogP contribution in [0.25, 0.3) is 0 Å². The van der Waals surface area contributed by atoms with Gasteiger partial charge < -0.3 is 19.0 Å². The minimum atomic E-state index is -0.434. The van der Waals surface area contributed by atoms with Crippen molar-refractivity contribution in [3.63, 3.8) is 0 Å². The van der Waals surface area contributed by atoms with E-state index in [2.05, 4.69) is 11.9 Å². The van der Waals surface area contributed by atoms with Crippen LogP contribution < -0.4 is 0 Å². The number of hydrogen-bond acceptors (Lipinski definition) is 5. The summed E-state index contributed by atoms with van der Waals surface area (Å²) in [6.07, 6.45) is 7.67. The van der Waals surface area contributed by atoms with Crippen LogP contribution in [-0.4, -0.2) is 58.6 Å². The summed E-state index contributed by atoms with van der Waals surface area (Å²) in [5.41, 5.74) is -0.0276. The predicted molar refractivity (Wildman–Crippen MR) is 95.9 cm³/mol. The standard InChI is InChI=1S/C19H29N3O4/c1-3-5-6-7-10-22-13-19(26-18(22)24)8-11-21(12-9-19)17(23)16-15(4-2)25-14-20-16/h14H,3-13H2,1-2H3. The lowest BCUT2D eigenvalue weighted by Gasteiger charge is -2.37. The van der Waals surface area contributed by atoms with Crippen LogP contribution in [0.3, 0.4) is 0 Å². The van der Waals surface area contributed by atoms with Crippen LogP contribution in [-0.2, 0) is 11.2 Å². The van der Waals surface area contributed by atoms with E-state index >= 15 is 0 Å². The van der Waals surface area contributed by atoms with E-state index < -0.39 is 5.60 Å². The summed E-state index contributed by atoms with van der Waals surface area (Å²) < 4.78 is 11.0. The van der Waals surface area contributed by atoms with Gasteiger partial charge in [-0.3, -0.25) is 4.79 Å². The first-order chi connectivity index (χ1) is 12.6. The maximum atomic E-state index is 12.7. The van der Waals surface area contributed by atoms with Gasteiger partial charge in [0.05, 0.1) is 6.54 Å². The van der Waals surface area contributed by atoms with Gasteiger partial charge in [-0.25, -0.2) is 9.78 Å². The Balaban J connectivity index is 1.53. The highest BCUT2D eigenvalue weighted by Gasteiger charge is 2.47. The van der Waals surface area contributed by atoms with Crippen molar-refractivity contribution in [1.29, 1.82) is 0 Å². The number of unbranched alkanes of at least 4 members (excludes halogenated alkanes) is 3. The molecule has 2 aliphatic heterocycles. The van der Waals surface area contributed by atoms with Gasteiger partial charge in [-0.15, -0.1) is 0 Å². The second-order valence-corrected chi connectivity index (χ2v) is 7.30. The van der Waals surface area contributed by atoms with E-state index in [1.54, 1.807) is 4.90 Å². The van der Waals surface area contributed by atoms with Crippen molar-refractivity contribution >= 4 is 12.0 Å². The maximum Gasteiger partial charge on any atom is 0.410 e. The van der Waals surface area contributed by atoms with Gasteiger partial charge in [0.25, 0.3) is 5.91 Å². The Labute approximate surface area is 154 Å². The number of piperidine rings is 1. The fourth-order valence-corrected chi connectivity index (χ4v) is 3.82. The number of carbonyl (C=O) groups excluding carboxylic acids is 2. The van der Waals surface area contributed by atoms with Crippen LogP contribution in [0.4, 0.5) is 4.79 Å². The van der Waals surface area contributed by atoms with Gasteiger partial charge in [-0.1, -0.05) is 33.1 Å². The first-order valence-corrected chi connectivity index (χ1v) is 9.78. The monoisotopic (exact) mass is 363 g/mol. The molecule has 2 amide bonds. The number of oxazole rings is 1. The van der Waals surface area contributed by atoms with E-state index in [1.165, 1.54) is 19.2 Å². The molecule has 1 aromatic rings. The zero-order valence-electron chi connectivity index (χ0n) is 15.8. The van der Waals surface area contributed by atoms with E-state index in [4.69, 9.17) is 9.15 Å². The van der Waals surface area contributed by atoms with Gasteiger partial charge in [0.1, 0.15) is 11.4 Å². The molecular weight excluding hydrogens is 334 g/mol. The van der Waals surface area contributed by atoms with Gasteiger partial charge in [0, 0.05) is 38.9 Å². The molecule has 7 heteroatoms. The average Bonchev–Trinajstić information content (AvgIpc) is 3.23. The molecule has 0 unspecified atom stereocenters. The Hall–Kier alpha value is -2.05. The van der Waals surface area contributed by atoms with E-state index in [1.807, 2.05) is 11.8 Å². The molecule has 1 aromatic heterocycles. The van der Waals surface area contributed by atoms with Crippen molar-refractivity contribution in [3.05, 3.63) is 17.8 Å². The summed E-state index contributed by atoms with van der Waals surface area (Å²) >= 11 is 0. The SMILES string of the molecule is CCCCCCN1CC2(CCN(C(=O)c3ncoc3CC)CC2)OC1=O. The summed E-state index contributed by atoms with van der Waals surface area (Å²) in [6.45, 7) is 6.68. The Bertz CT molecular complexity index is 634. The Morgan fingerprint density at radius 1 is 1.23 bits per heavy atom. The van der Waals surface area contributed by atoms with Crippen LogP contribution in [0.1, 0.15) is 68.6 Å². The molecule has 0 bridgehead atoms. The van der Waals surface area contributed by atoms with Gasteiger partial charge in [-0.05, 0) is 6.42 Å². The molecule has 3 heterocycles. The minimum absolute atomic E-state index is 0.0915. The van der Waals surface area contributed by atoms with Crippen LogP contribution in [0.2, 0.25) is 0 Å². The molecule has 2 fully saturated rings. The topological polar surface area (TPSA) is 75.9 Å². The number of likely N-dealkylation sites (tertiary alicyclic amines) is 1. The molecule has 2 aliphatic rings. The lowest BCUT2D eigenvalue weighted by atomic mass is 9.91. The zero-order valence-corrected chi connectivity index (χ0v) is 15.8. The van der Waals surface area contributed by atoms with Crippen molar-refractivity contribution in [1.82, 2.24) is 14.8 Å². The summed E-state index contributed by atoms with van der Waals surface area (Å²) in [5, 5.41) is 0. The Morgan fingerprint density at radius 3 is 2.69 bits per heavy atom. The molecule has 0 N–H and O–H groups in total. The van der Waals surface area contributed by atoms with Crippen LogP contribution in [0.15, 0.2) is 10.8 Å².